The second-order valence-corrected chi connectivity index (χ2v) is 8.24. The van der Waals surface area contributed by atoms with Gasteiger partial charge < -0.3 is 26.6 Å². The Balaban J connectivity index is 2.14. The average molecular weight is 475 g/mol. The molecule has 0 bridgehead atoms. The third kappa shape index (κ3) is 8.95. The van der Waals surface area contributed by atoms with Gasteiger partial charge in [-0.1, -0.05) is 60.7 Å². The number of carbonyl (C=O) groups excluding carboxylic acids is 2. The maximum absolute atomic E-state index is 13.0. The Morgan fingerprint density at radius 1 is 0.970 bits per heavy atom. The molecule has 6 N–H and O–H groups in total. The van der Waals surface area contributed by atoms with Crippen molar-refractivity contribution in [1.29, 1.82) is 0 Å². The molecule has 0 aliphatic carbocycles. The van der Waals surface area contributed by atoms with Gasteiger partial charge in [-0.05, 0) is 17.5 Å². The van der Waals surface area contributed by atoms with Crippen molar-refractivity contribution >= 4 is 35.5 Å². The highest BCUT2D eigenvalue weighted by Crippen LogP contribution is 2.16. The molecule has 0 fully saturated rings. The number of hydrogen-bond acceptors (Lipinski definition) is 6. The highest BCUT2D eigenvalue weighted by molar-refractivity contribution is 7.98. The molecule has 9 nitrogen and oxygen atoms in total. The highest BCUT2D eigenvalue weighted by Gasteiger charge is 2.28. The molecule has 176 valence electrons. The van der Waals surface area contributed by atoms with Crippen LogP contribution in [-0.2, 0) is 24.9 Å². The molecule has 3 atom stereocenters. The number of nitrogens with two attached hydrogens (primary N) is 1. The van der Waals surface area contributed by atoms with Crippen LogP contribution in [0.4, 0.5) is 0 Å². The van der Waals surface area contributed by atoms with Gasteiger partial charge in [0, 0.05) is 17.9 Å². The van der Waals surface area contributed by atoms with Gasteiger partial charge in [-0.15, -0.1) is 0 Å². The van der Waals surface area contributed by atoms with Crippen LogP contribution in [0.1, 0.15) is 30.0 Å². The largest absolute Gasteiger partial charge is 0.480 e. The van der Waals surface area contributed by atoms with Crippen molar-refractivity contribution in [2.24, 2.45) is 5.73 Å². The molecule has 0 aliphatic rings. The fraction of sp³-hybridized carbons (Fsp3) is 0.304. The number of carboxylic acids is 2. The smallest absolute Gasteiger partial charge is 0.330 e. The fourth-order valence-corrected chi connectivity index (χ4v) is 3.84. The molecule has 2 amide bonds. The van der Waals surface area contributed by atoms with Gasteiger partial charge in [-0.2, -0.15) is 11.8 Å². The third-order valence-corrected chi connectivity index (χ3v) is 5.73. The summed E-state index contributed by atoms with van der Waals surface area (Å²) < 4.78 is 8.23. The van der Waals surface area contributed by atoms with E-state index in [-0.39, 0.29) is 18.6 Å². The summed E-state index contributed by atoms with van der Waals surface area (Å²) in [5, 5.41) is 21.4. The molecule has 0 aromatic heterocycles. The summed E-state index contributed by atoms with van der Waals surface area (Å²) in [4.78, 5) is 48.3. The van der Waals surface area contributed by atoms with Crippen LogP contribution in [-0.4, -0.2) is 51.8 Å². The van der Waals surface area contributed by atoms with Crippen molar-refractivity contribution in [2.45, 2.75) is 36.7 Å². The number of amides is 2. The number of carboxylic acid groups (broad SMARTS) is 2. The first kappa shape index (κ1) is 24.3. The molecule has 0 saturated carbocycles. The number of benzene rings is 2. The minimum atomic E-state index is -1.36. The van der Waals surface area contributed by atoms with Crippen molar-refractivity contribution in [3.8, 4) is 0 Å². The first-order chi connectivity index (χ1) is 16.2. The van der Waals surface area contributed by atoms with Crippen LogP contribution in [0.2, 0.25) is 1.41 Å². The standard InChI is InChI=1S/C23H27N3O6S/c24-17(22(29)30)11-12-19(27)25-18(14-33-13-15-7-3-1-4-8-15)21(28)26-20(23(31)32)16-9-5-2-6-10-16/h1-10,17-18,20H,11-14,24H2,(H,25,27)(H,26,28)(H,29,30)(H,31,32)/t17-,18-,20?/m0/s1/i/hD. The summed E-state index contributed by atoms with van der Waals surface area (Å²) >= 11 is 1.31. The topological polar surface area (TPSA) is 159 Å². The first-order valence-corrected chi connectivity index (χ1v) is 11.3. The number of aliphatic carboxylic acids is 2. The number of hydrogen-bond donors (Lipinski definition) is 5. The summed E-state index contributed by atoms with van der Waals surface area (Å²) in [5.74, 6) is -3.61. The molecule has 10 heteroatoms. The summed E-state index contributed by atoms with van der Waals surface area (Å²) in [7, 11) is 0. The van der Waals surface area contributed by atoms with Gasteiger partial charge in [0.1, 0.15) is 12.1 Å². The molecular weight excluding hydrogens is 446 g/mol. The van der Waals surface area contributed by atoms with Crippen LogP contribution in [0, 0.1) is 0 Å². The molecule has 2 rings (SSSR count). The number of carbonyl (C=O) groups is 4. The molecule has 0 heterocycles. The molecule has 2 aromatic rings. The van der Waals surface area contributed by atoms with Crippen molar-refractivity contribution in [2.75, 3.05) is 5.75 Å². The number of rotatable bonds is 13. The Morgan fingerprint density at radius 2 is 1.58 bits per heavy atom. The molecule has 1 unspecified atom stereocenters. The summed E-state index contributed by atoms with van der Waals surface area (Å²) in [5.41, 5.74) is 6.75. The van der Waals surface area contributed by atoms with Crippen molar-refractivity contribution in [3.05, 3.63) is 71.8 Å². The molecule has 0 radical (unpaired) electrons. The Labute approximate surface area is 197 Å². The Kier molecular flexibility index (Phi) is 9.74. The minimum Gasteiger partial charge on any atom is -0.480 e. The predicted molar refractivity (Wildman–Crippen MR) is 124 cm³/mol. The predicted octanol–water partition coefficient (Wildman–Crippen LogP) is 1.54. The van der Waals surface area contributed by atoms with E-state index >= 15 is 0 Å². The lowest BCUT2D eigenvalue weighted by Gasteiger charge is -2.22. The van der Waals surface area contributed by atoms with Gasteiger partial charge >= 0.3 is 11.9 Å². The zero-order valence-corrected chi connectivity index (χ0v) is 18.6. The second-order valence-electron chi connectivity index (χ2n) is 7.21. The van der Waals surface area contributed by atoms with Crippen LogP contribution < -0.4 is 16.4 Å². The van der Waals surface area contributed by atoms with Gasteiger partial charge in [-0.3, -0.25) is 14.4 Å². The maximum atomic E-state index is 13.0. The fourth-order valence-electron chi connectivity index (χ4n) is 2.85. The van der Waals surface area contributed by atoms with Gasteiger partial charge in [0.25, 0.3) is 0 Å². The SMILES string of the molecule is [2H]N(C(=O)CC[C@H](N)C(=O)O)[C@@H](CSCc1ccccc1)C(=O)NC(C(=O)O)c1ccccc1. The van der Waals surface area contributed by atoms with Crippen molar-refractivity contribution in [1.82, 2.24) is 10.6 Å². The lowest BCUT2D eigenvalue weighted by molar-refractivity contribution is -0.142. The summed E-state index contributed by atoms with van der Waals surface area (Å²) in [6.07, 6.45) is -0.540. The van der Waals surface area contributed by atoms with Crippen molar-refractivity contribution in [3.63, 3.8) is 0 Å². The van der Waals surface area contributed by atoms with E-state index in [4.69, 9.17) is 12.3 Å². The second kappa shape index (κ2) is 13.2. The van der Waals surface area contributed by atoms with Crippen molar-refractivity contribution < 1.29 is 30.8 Å². The van der Waals surface area contributed by atoms with Crippen LogP contribution >= 0.6 is 11.8 Å². The van der Waals surface area contributed by atoms with E-state index in [1.165, 1.54) is 11.8 Å². The molecule has 0 saturated heterocycles. The van der Waals surface area contributed by atoms with Gasteiger partial charge in [-0.25, -0.2) is 4.79 Å². The van der Waals surface area contributed by atoms with E-state index in [9.17, 15) is 24.3 Å². The third-order valence-electron chi connectivity index (χ3n) is 4.64. The van der Waals surface area contributed by atoms with E-state index in [1.54, 1.807) is 30.3 Å². The van der Waals surface area contributed by atoms with E-state index in [0.29, 0.717) is 16.6 Å². The first-order valence-electron chi connectivity index (χ1n) is 10.6. The Morgan fingerprint density at radius 3 is 2.15 bits per heavy atom. The molecule has 0 spiro atoms. The van der Waals surface area contributed by atoms with Crippen LogP contribution in [0.5, 0.6) is 0 Å². The normalized spacial score (nSPS) is 13.8. The molecule has 33 heavy (non-hydrogen) atoms. The number of thioether (sulfide) groups is 1. The molecular formula is C23H27N3O6S. The highest BCUT2D eigenvalue weighted by atomic mass is 32.2. The molecule has 0 aliphatic heterocycles. The summed E-state index contributed by atoms with van der Waals surface area (Å²) in [6, 6.07) is 13.5. The number of nitrogens with one attached hydrogen (secondary N) is 2. The zero-order valence-electron chi connectivity index (χ0n) is 18.8. The van der Waals surface area contributed by atoms with E-state index < -0.39 is 41.9 Å². The Hall–Kier alpha value is -3.37. The van der Waals surface area contributed by atoms with E-state index in [2.05, 4.69) is 5.32 Å². The van der Waals surface area contributed by atoms with Gasteiger partial charge in [0.05, 0.1) is 0 Å². The van der Waals surface area contributed by atoms with Gasteiger partial charge in [0.2, 0.25) is 11.8 Å². The molecule has 2 aromatic carbocycles. The van der Waals surface area contributed by atoms with Crippen LogP contribution in [0.25, 0.3) is 0 Å². The monoisotopic (exact) mass is 474 g/mol. The zero-order chi connectivity index (χ0) is 25.1. The lowest BCUT2D eigenvalue weighted by atomic mass is 10.1. The Bertz CT molecular complexity index is 979. The summed E-state index contributed by atoms with van der Waals surface area (Å²) in [6.45, 7) is 0. The lowest BCUT2D eigenvalue weighted by Crippen LogP contribution is -2.50. The maximum Gasteiger partial charge on any atom is 0.330 e. The van der Waals surface area contributed by atoms with E-state index in [0.717, 1.165) is 5.56 Å². The average Bonchev–Trinajstić information content (AvgIpc) is 2.83. The van der Waals surface area contributed by atoms with Crippen LogP contribution in [0.3, 0.4) is 0 Å². The van der Waals surface area contributed by atoms with Gasteiger partial charge in [0.15, 0.2) is 7.45 Å². The quantitative estimate of drug-likeness (QED) is 0.292. The minimum absolute atomic E-state index is 0.0298. The van der Waals surface area contributed by atoms with Crippen LogP contribution in [0.15, 0.2) is 60.7 Å². The van der Waals surface area contributed by atoms with E-state index in [1.807, 2.05) is 30.3 Å².